The number of anilines is 3. The number of rotatable bonds is 7. The summed E-state index contributed by atoms with van der Waals surface area (Å²) in [5.74, 6) is 0. The van der Waals surface area contributed by atoms with E-state index in [0.29, 0.717) is 0 Å². The van der Waals surface area contributed by atoms with Gasteiger partial charge in [0, 0.05) is 27.6 Å². The van der Waals surface area contributed by atoms with Crippen LogP contribution in [-0.4, -0.2) is 0 Å². The number of nitrogens with zero attached hydrogens (tertiary/aromatic N) is 1. The first-order valence-electron chi connectivity index (χ1n) is 21.5. The first-order chi connectivity index (χ1) is 29.8. The van der Waals surface area contributed by atoms with Crippen molar-refractivity contribution in [3.8, 4) is 66.8 Å². The van der Waals surface area contributed by atoms with Gasteiger partial charge in [0.2, 0.25) is 0 Å². The van der Waals surface area contributed by atoms with Gasteiger partial charge in [0.05, 0.1) is 11.4 Å². The number of fused-ring (bicyclic) bond motifs is 6. The highest BCUT2D eigenvalue weighted by molar-refractivity contribution is 6.01. The number of benzene rings is 9. The molecule has 1 nitrogen and oxygen atoms in total. The minimum absolute atomic E-state index is 0.0760. The minimum atomic E-state index is -0.107. The maximum atomic E-state index is 2.55. The molecule has 0 saturated heterocycles. The molecule has 0 saturated carbocycles. The molecule has 292 valence electrons. The Morgan fingerprint density at radius 2 is 0.770 bits per heavy atom. The smallest absolute Gasteiger partial charge is 0.0546 e. The van der Waals surface area contributed by atoms with Crippen LogP contribution in [0.1, 0.15) is 49.9 Å². The quantitative estimate of drug-likeness (QED) is 0.156. The van der Waals surface area contributed by atoms with Gasteiger partial charge in [0.15, 0.2) is 0 Å². The van der Waals surface area contributed by atoms with E-state index in [1.165, 1.54) is 89.0 Å². The van der Waals surface area contributed by atoms with Gasteiger partial charge in [-0.2, -0.15) is 0 Å². The molecule has 61 heavy (non-hydrogen) atoms. The summed E-state index contributed by atoms with van der Waals surface area (Å²) in [6.45, 7) is 9.44. The van der Waals surface area contributed by atoms with Crippen molar-refractivity contribution in [2.75, 3.05) is 4.90 Å². The fraction of sp³-hybridized carbons (Fsp3) is 0.100. The van der Waals surface area contributed by atoms with E-state index in [9.17, 15) is 0 Å². The van der Waals surface area contributed by atoms with Crippen molar-refractivity contribution in [2.45, 2.75) is 38.5 Å². The molecule has 1 heteroatoms. The Morgan fingerprint density at radius 3 is 1.41 bits per heavy atom. The zero-order valence-corrected chi connectivity index (χ0v) is 35.2. The fourth-order valence-corrected chi connectivity index (χ4v) is 10.4. The third-order valence-corrected chi connectivity index (χ3v) is 13.5. The molecule has 0 amide bonds. The Kier molecular flexibility index (Phi) is 8.58. The summed E-state index contributed by atoms with van der Waals surface area (Å²) in [5, 5.41) is 0. The van der Waals surface area contributed by atoms with Crippen LogP contribution in [-0.2, 0) is 10.8 Å². The maximum absolute atomic E-state index is 2.55. The van der Waals surface area contributed by atoms with E-state index in [1.54, 1.807) is 0 Å². The van der Waals surface area contributed by atoms with E-state index in [-0.39, 0.29) is 10.8 Å². The van der Waals surface area contributed by atoms with Crippen molar-refractivity contribution in [1.29, 1.82) is 0 Å². The van der Waals surface area contributed by atoms with E-state index in [0.717, 1.165) is 17.1 Å². The van der Waals surface area contributed by atoms with Crippen molar-refractivity contribution < 1.29 is 0 Å². The molecule has 0 aliphatic heterocycles. The normalized spacial score (nSPS) is 13.8. The summed E-state index contributed by atoms with van der Waals surface area (Å²) in [4.78, 5) is 2.55. The Hall–Kier alpha value is -7.22. The molecular formula is C60H47N. The summed E-state index contributed by atoms with van der Waals surface area (Å²) in [7, 11) is 0. The molecule has 0 aromatic heterocycles. The van der Waals surface area contributed by atoms with E-state index >= 15 is 0 Å². The van der Waals surface area contributed by atoms with Crippen LogP contribution < -0.4 is 4.90 Å². The van der Waals surface area contributed by atoms with Gasteiger partial charge in [0.25, 0.3) is 0 Å². The van der Waals surface area contributed by atoms with Gasteiger partial charge in [-0.05, 0) is 108 Å². The van der Waals surface area contributed by atoms with Gasteiger partial charge in [-0.3, -0.25) is 0 Å². The van der Waals surface area contributed by atoms with Gasteiger partial charge in [-0.25, -0.2) is 0 Å². The van der Waals surface area contributed by atoms with Crippen molar-refractivity contribution in [2.24, 2.45) is 0 Å². The Labute approximate surface area is 360 Å². The van der Waals surface area contributed by atoms with E-state index < -0.39 is 0 Å². The SMILES string of the molecule is CC1(C)c2ccccc2-c2cc(-c3ccc(-c4ccccc4)cc3N(c3ccc4c(c3)-c3ccccc3C4(C)C)c3cccc(-c4ccccc4)c3-c3ccccc3)ccc21. The first kappa shape index (κ1) is 36.8. The fourth-order valence-electron chi connectivity index (χ4n) is 10.4. The molecular weight excluding hydrogens is 735 g/mol. The van der Waals surface area contributed by atoms with Crippen LogP contribution >= 0.6 is 0 Å². The molecule has 9 aromatic rings. The lowest BCUT2D eigenvalue weighted by Gasteiger charge is -2.32. The highest BCUT2D eigenvalue weighted by Crippen LogP contribution is 2.55. The van der Waals surface area contributed by atoms with Gasteiger partial charge in [-0.15, -0.1) is 0 Å². The molecule has 9 aromatic carbocycles. The summed E-state index contributed by atoms with van der Waals surface area (Å²) in [6, 6.07) is 78.8. The lowest BCUT2D eigenvalue weighted by atomic mass is 9.82. The lowest BCUT2D eigenvalue weighted by Crippen LogP contribution is -2.16. The minimum Gasteiger partial charge on any atom is -0.309 e. The van der Waals surface area contributed by atoms with Gasteiger partial charge in [0.1, 0.15) is 0 Å². The van der Waals surface area contributed by atoms with E-state index in [4.69, 9.17) is 0 Å². The molecule has 0 radical (unpaired) electrons. The average Bonchev–Trinajstić information content (AvgIpc) is 3.68. The van der Waals surface area contributed by atoms with Gasteiger partial charge in [-0.1, -0.05) is 210 Å². The van der Waals surface area contributed by atoms with Crippen LogP contribution in [0.4, 0.5) is 17.1 Å². The topological polar surface area (TPSA) is 3.24 Å². The zero-order chi connectivity index (χ0) is 41.3. The second-order valence-electron chi connectivity index (χ2n) is 17.7. The lowest BCUT2D eigenvalue weighted by molar-refractivity contribution is 0.660. The molecule has 2 aliphatic rings. The molecule has 2 aliphatic carbocycles. The molecule has 11 rings (SSSR count). The largest absolute Gasteiger partial charge is 0.309 e. The predicted molar refractivity (Wildman–Crippen MR) is 258 cm³/mol. The van der Waals surface area contributed by atoms with Crippen LogP contribution in [0, 0.1) is 0 Å². The molecule has 0 heterocycles. The van der Waals surface area contributed by atoms with Crippen molar-refractivity contribution in [1.82, 2.24) is 0 Å². The predicted octanol–water partition coefficient (Wildman–Crippen LogP) is 16.4. The van der Waals surface area contributed by atoms with Crippen LogP contribution in [0.5, 0.6) is 0 Å². The van der Waals surface area contributed by atoms with Gasteiger partial charge < -0.3 is 4.90 Å². The van der Waals surface area contributed by atoms with Gasteiger partial charge >= 0.3 is 0 Å². The summed E-state index contributed by atoms with van der Waals surface area (Å²) in [6.07, 6.45) is 0. The monoisotopic (exact) mass is 781 g/mol. The standard InChI is InChI=1S/C60H47N/c1-59(2)52-28-16-14-25-48(52)50-37-44(32-35-54(50)59)46-34-31-43(40-19-8-5-9-20-40)38-57(46)61(45-33-36-55-51(39-45)49-26-15-17-29-53(49)60(55,3)4)56-30-18-27-47(41-21-10-6-11-22-41)58(56)42-23-12-7-13-24-42/h5-39H,1-4H3. The van der Waals surface area contributed by atoms with E-state index in [1.807, 2.05) is 0 Å². The molecule has 0 spiro atoms. The van der Waals surface area contributed by atoms with Crippen LogP contribution in [0.25, 0.3) is 66.8 Å². The van der Waals surface area contributed by atoms with Crippen LogP contribution in [0.2, 0.25) is 0 Å². The molecule has 0 fully saturated rings. The summed E-state index contributed by atoms with van der Waals surface area (Å²) < 4.78 is 0. The second kappa shape index (κ2) is 14.2. The van der Waals surface area contributed by atoms with Crippen molar-refractivity contribution in [3.63, 3.8) is 0 Å². The number of hydrogen-bond acceptors (Lipinski definition) is 1. The molecule has 0 N–H and O–H groups in total. The van der Waals surface area contributed by atoms with E-state index in [2.05, 4.69) is 245 Å². The third kappa shape index (κ3) is 5.91. The van der Waals surface area contributed by atoms with Crippen LogP contribution in [0.15, 0.2) is 212 Å². The third-order valence-electron chi connectivity index (χ3n) is 13.5. The molecule has 0 unspecified atom stereocenters. The highest BCUT2D eigenvalue weighted by atomic mass is 15.1. The highest BCUT2D eigenvalue weighted by Gasteiger charge is 2.37. The summed E-state index contributed by atoms with van der Waals surface area (Å²) >= 11 is 0. The molecule has 0 atom stereocenters. The van der Waals surface area contributed by atoms with Crippen LogP contribution in [0.3, 0.4) is 0 Å². The second-order valence-corrected chi connectivity index (χ2v) is 17.7. The summed E-state index contributed by atoms with van der Waals surface area (Å²) in [5.41, 5.74) is 23.4. The maximum Gasteiger partial charge on any atom is 0.0546 e. The average molecular weight is 782 g/mol. The van der Waals surface area contributed by atoms with Crippen molar-refractivity contribution in [3.05, 3.63) is 235 Å². The zero-order valence-electron chi connectivity index (χ0n) is 35.2. The van der Waals surface area contributed by atoms with Crippen molar-refractivity contribution >= 4 is 17.1 Å². The molecule has 0 bridgehead atoms. The Bertz CT molecular complexity index is 3120. The number of hydrogen-bond donors (Lipinski definition) is 0. The Balaban J connectivity index is 1.23. The Morgan fingerprint density at radius 1 is 0.279 bits per heavy atom. The first-order valence-corrected chi connectivity index (χ1v) is 21.5.